The SMILES string of the molecule is CC(C)(C)OC(=O)C1=NN=C(N2CCNCC2)CC=C1. The van der Waals surface area contributed by atoms with Crippen LogP contribution in [0.1, 0.15) is 27.2 Å². The van der Waals surface area contributed by atoms with Crippen molar-refractivity contribution in [2.24, 2.45) is 10.2 Å². The van der Waals surface area contributed by atoms with Gasteiger partial charge in [-0.2, -0.15) is 0 Å². The molecule has 0 atom stereocenters. The zero-order valence-electron chi connectivity index (χ0n) is 12.3. The van der Waals surface area contributed by atoms with Crippen LogP contribution in [0.5, 0.6) is 0 Å². The van der Waals surface area contributed by atoms with Crippen LogP contribution in [0.25, 0.3) is 0 Å². The van der Waals surface area contributed by atoms with Crippen LogP contribution in [0.3, 0.4) is 0 Å². The van der Waals surface area contributed by atoms with E-state index in [0.717, 1.165) is 32.0 Å². The molecule has 2 aliphatic rings. The number of hydrogen-bond donors (Lipinski definition) is 1. The number of piperazine rings is 1. The maximum Gasteiger partial charge on any atom is 0.359 e. The van der Waals surface area contributed by atoms with Gasteiger partial charge in [0.05, 0.1) is 0 Å². The lowest BCUT2D eigenvalue weighted by Gasteiger charge is -2.29. The van der Waals surface area contributed by atoms with Crippen LogP contribution >= 0.6 is 0 Å². The van der Waals surface area contributed by atoms with Crippen molar-refractivity contribution in [1.29, 1.82) is 0 Å². The molecule has 20 heavy (non-hydrogen) atoms. The average Bonchev–Trinajstić information content (AvgIpc) is 2.63. The second-order valence-corrected chi connectivity index (χ2v) is 5.85. The fraction of sp³-hybridized carbons (Fsp3) is 0.643. The molecule has 0 unspecified atom stereocenters. The zero-order valence-corrected chi connectivity index (χ0v) is 12.3. The third-order valence-electron chi connectivity index (χ3n) is 2.94. The van der Waals surface area contributed by atoms with Gasteiger partial charge in [0.25, 0.3) is 0 Å². The smallest absolute Gasteiger partial charge is 0.359 e. The van der Waals surface area contributed by atoms with Gasteiger partial charge in [-0.3, -0.25) is 0 Å². The standard InChI is InChI=1S/C14H22N4O2/c1-14(2,3)20-13(19)11-5-4-6-12(17-16-11)18-9-7-15-8-10-18/h4-5,15H,6-10H2,1-3H3. The van der Waals surface area contributed by atoms with Crippen molar-refractivity contribution in [3.63, 3.8) is 0 Å². The van der Waals surface area contributed by atoms with Gasteiger partial charge in [-0.1, -0.05) is 6.08 Å². The molecule has 6 heteroatoms. The molecule has 110 valence electrons. The van der Waals surface area contributed by atoms with Crippen molar-refractivity contribution >= 4 is 17.5 Å². The molecule has 0 aromatic carbocycles. The molecule has 6 nitrogen and oxygen atoms in total. The van der Waals surface area contributed by atoms with E-state index in [0.29, 0.717) is 6.42 Å². The van der Waals surface area contributed by atoms with Gasteiger partial charge in [0.2, 0.25) is 0 Å². The number of ether oxygens (including phenoxy) is 1. The van der Waals surface area contributed by atoms with Gasteiger partial charge in [-0.25, -0.2) is 4.79 Å². The van der Waals surface area contributed by atoms with E-state index < -0.39 is 11.6 Å². The van der Waals surface area contributed by atoms with E-state index in [1.807, 2.05) is 26.8 Å². The third-order valence-corrected chi connectivity index (χ3v) is 2.94. The lowest BCUT2D eigenvalue weighted by atomic mass is 10.2. The second-order valence-electron chi connectivity index (χ2n) is 5.85. The fourth-order valence-electron chi connectivity index (χ4n) is 2.02. The Labute approximate surface area is 119 Å². The summed E-state index contributed by atoms with van der Waals surface area (Å²) >= 11 is 0. The Hall–Kier alpha value is -1.69. The normalized spacial score (nSPS) is 20.1. The zero-order chi connectivity index (χ0) is 14.6. The van der Waals surface area contributed by atoms with Crippen LogP contribution in [-0.4, -0.2) is 54.2 Å². The third kappa shape index (κ3) is 4.16. The first-order chi connectivity index (χ1) is 9.46. The highest BCUT2D eigenvalue weighted by Crippen LogP contribution is 2.10. The lowest BCUT2D eigenvalue weighted by molar-refractivity contribution is -0.146. The molecule has 1 N–H and O–H groups in total. The number of carbonyl (C=O) groups excluding carboxylic acids is 1. The van der Waals surface area contributed by atoms with Crippen molar-refractivity contribution in [3.8, 4) is 0 Å². The molecule has 2 heterocycles. The van der Waals surface area contributed by atoms with Gasteiger partial charge in [0, 0.05) is 32.6 Å². The minimum absolute atomic E-state index is 0.255. The van der Waals surface area contributed by atoms with Crippen LogP contribution in [-0.2, 0) is 9.53 Å². The first-order valence-electron chi connectivity index (χ1n) is 6.96. The molecule has 2 aliphatic heterocycles. The molecule has 0 aromatic rings. The highest BCUT2D eigenvalue weighted by atomic mass is 16.6. The Morgan fingerprint density at radius 1 is 1.30 bits per heavy atom. The number of esters is 1. The maximum absolute atomic E-state index is 12.0. The van der Waals surface area contributed by atoms with E-state index in [9.17, 15) is 4.79 Å². The monoisotopic (exact) mass is 278 g/mol. The highest BCUT2D eigenvalue weighted by molar-refractivity contribution is 6.41. The van der Waals surface area contributed by atoms with Crippen LogP contribution < -0.4 is 5.32 Å². The predicted molar refractivity (Wildman–Crippen MR) is 78.9 cm³/mol. The quantitative estimate of drug-likeness (QED) is 0.725. The summed E-state index contributed by atoms with van der Waals surface area (Å²) in [6, 6.07) is 0. The molecular weight excluding hydrogens is 256 g/mol. The van der Waals surface area contributed by atoms with Gasteiger partial charge >= 0.3 is 5.97 Å². The van der Waals surface area contributed by atoms with Gasteiger partial charge < -0.3 is 15.0 Å². The summed E-state index contributed by atoms with van der Waals surface area (Å²) in [6.45, 7) is 9.24. The molecule has 0 saturated carbocycles. The number of amidine groups is 1. The van der Waals surface area contributed by atoms with E-state index in [1.165, 1.54) is 0 Å². The predicted octanol–water partition coefficient (Wildman–Crippen LogP) is 0.948. The molecule has 0 spiro atoms. The van der Waals surface area contributed by atoms with Crippen LogP contribution in [0.15, 0.2) is 22.4 Å². The van der Waals surface area contributed by atoms with Crippen molar-refractivity contribution in [3.05, 3.63) is 12.2 Å². The molecule has 0 aliphatic carbocycles. The van der Waals surface area contributed by atoms with E-state index in [4.69, 9.17) is 4.74 Å². The topological polar surface area (TPSA) is 66.3 Å². The molecule has 0 amide bonds. The Kier molecular flexibility index (Phi) is 4.54. The van der Waals surface area contributed by atoms with Crippen LogP contribution in [0, 0.1) is 0 Å². The van der Waals surface area contributed by atoms with Gasteiger partial charge in [0.1, 0.15) is 11.4 Å². The summed E-state index contributed by atoms with van der Waals surface area (Å²) in [4.78, 5) is 14.1. The van der Waals surface area contributed by atoms with E-state index in [-0.39, 0.29) is 5.71 Å². The molecule has 0 radical (unpaired) electrons. The Morgan fingerprint density at radius 3 is 2.65 bits per heavy atom. The number of hydrogen-bond acceptors (Lipinski definition) is 6. The van der Waals surface area contributed by atoms with Crippen LogP contribution in [0.2, 0.25) is 0 Å². The number of nitrogens with one attached hydrogen (secondary N) is 1. The summed E-state index contributed by atoms with van der Waals surface area (Å²) < 4.78 is 5.30. The highest BCUT2D eigenvalue weighted by Gasteiger charge is 2.21. The largest absolute Gasteiger partial charge is 0.455 e. The Balaban J connectivity index is 2.06. The Bertz CT molecular complexity index is 454. The van der Waals surface area contributed by atoms with Crippen molar-refractivity contribution in [1.82, 2.24) is 10.2 Å². The van der Waals surface area contributed by atoms with Gasteiger partial charge in [-0.15, -0.1) is 10.2 Å². The molecule has 1 fully saturated rings. The minimum Gasteiger partial charge on any atom is -0.455 e. The van der Waals surface area contributed by atoms with E-state index >= 15 is 0 Å². The summed E-state index contributed by atoms with van der Waals surface area (Å²) in [6.07, 6.45) is 4.29. The van der Waals surface area contributed by atoms with E-state index in [1.54, 1.807) is 6.08 Å². The second kappa shape index (κ2) is 6.17. The lowest BCUT2D eigenvalue weighted by Crippen LogP contribution is -2.46. The maximum atomic E-state index is 12.0. The summed E-state index contributed by atoms with van der Waals surface area (Å²) in [5.41, 5.74) is -0.268. The Morgan fingerprint density at radius 2 is 2.00 bits per heavy atom. The molecular formula is C14H22N4O2. The molecule has 0 bridgehead atoms. The van der Waals surface area contributed by atoms with E-state index in [2.05, 4.69) is 20.4 Å². The van der Waals surface area contributed by atoms with Crippen molar-refractivity contribution in [2.45, 2.75) is 32.8 Å². The number of nitrogens with zero attached hydrogens (tertiary/aromatic N) is 3. The summed E-state index contributed by atoms with van der Waals surface area (Å²) in [5.74, 6) is 0.473. The van der Waals surface area contributed by atoms with Crippen molar-refractivity contribution < 1.29 is 9.53 Å². The molecule has 1 saturated heterocycles. The first-order valence-corrected chi connectivity index (χ1v) is 6.96. The number of carbonyl (C=O) groups is 1. The summed E-state index contributed by atoms with van der Waals surface area (Å²) in [5, 5.41) is 11.6. The molecule has 0 aromatic heterocycles. The molecule has 2 rings (SSSR count). The van der Waals surface area contributed by atoms with Gasteiger partial charge in [0.15, 0.2) is 5.71 Å². The average molecular weight is 278 g/mol. The minimum atomic E-state index is -0.523. The fourth-order valence-corrected chi connectivity index (χ4v) is 2.02. The number of rotatable bonds is 1. The summed E-state index contributed by atoms with van der Waals surface area (Å²) in [7, 11) is 0. The van der Waals surface area contributed by atoms with Crippen molar-refractivity contribution in [2.75, 3.05) is 26.2 Å². The van der Waals surface area contributed by atoms with Gasteiger partial charge in [-0.05, 0) is 26.8 Å². The van der Waals surface area contributed by atoms with Crippen LogP contribution in [0.4, 0.5) is 0 Å². The first kappa shape index (κ1) is 14.7.